The van der Waals surface area contributed by atoms with E-state index in [1.807, 2.05) is 0 Å². The van der Waals surface area contributed by atoms with Crippen LogP contribution in [0, 0.1) is 6.92 Å². The summed E-state index contributed by atoms with van der Waals surface area (Å²) in [6, 6.07) is 2.77. The highest BCUT2D eigenvalue weighted by Gasteiger charge is 2.26. The lowest BCUT2D eigenvalue weighted by Crippen LogP contribution is -2.42. The molecule has 1 aliphatic carbocycles. The first kappa shape index (κ1) is 14.3. The van der Waals surface area contributed by atoms with Gasteiger partial charge in [-0.25, -0.2) is 9.97 Å². The molecule has 1 saturated carbocycles. The van der Waals surface area contributed by atoms with Gasteiger partial charge in [0.2, 0.25) is 0 Å². The number of rotatable bonds is 6. The molecule has 1 aliphatic rings. The second kappa shape index (κ2) is 6.33. The van der Waals surface area contributed by atoms with Gasteiger partial charge in [-0.15, -0.1) is 0 Å². The summed E-state index contributed by atoms with van der Waals surface area (Å²) < 4.78 is 0. The van der Waals surface area contributed by atoms with Crippen LogP contribution in [0.25, 0.3) is 0 Å². The maximum absolute atomic E-state index is 5.66. The molecular weight excluding hydrogens is 236 g/mol. The molecule has 4 nitrogen and oxygen atoms in total. The van der Waals surface area contributed by atoms with Crippen LogP contribution < -0.4 is 10.6 Å². The predicted molar refractivity (Wildman–Crippen MR) is 79.5 cm³/mol. The van der Waals surface area contributed by atoms with Crippen molar-refractivity contribution in [3.8, 4) is 0 Å². The Labute approximate surface area is 116 Å². The van der Waals surface area contributed by atoms with Crippen molar-refractivity contribution in [2.24, 2.45) is 5.73 Å². The van der Waals surface area contributed by atoms with Crippen molar-refractivity contribution in [2.45, 2.75) is 58.4 Å². The van der Waals surface area contributed by atoms with Gasteiger partial charge in [-0.1, -0.05) is 13.8 Å². The molecule has 1 aromatic heterocycles. The Balaban J connectivity index is 2.24. The van der Waals surface area contributed by atoms with Crippen LogP contribution in [-0.4, -0.2) is 29.1 Å². The third-order valence-corrected chi connectivity index (χ3v) is 3.79. The first-order valence-electron chi connectivity index (χ1n) is 7.44. The fourth-order valence-electron chi connectivity index (χ4n) is 2.42. The minimum atomic E-state index is 0.372. The Bertz CT molecular complexity index is 413. The molecule has 0 atom stereocenters. The van der Waals surface area contributed by atoms with E-state index in [2.05, 4.69) is 36.7 Å². The zero-order valence-corrected chi connectivity index (χ0v) is 12.4. The Morgan fingerprint density at radius 2 is 2.11 bits per heavy atom. The molecule has 1 aromatic rings. The fraction of sp³-hybridized carbons (Fsp3) is 0.733. The number of anilines is 1. The fourth-order valence-corrected chi connectivity index (χ4v) is 2.42. The number of hydrogen-bond donors (Lipinski definition) is 1. The van der Waals surface area contributed by atoms with Crippen LogP contribution in [0.4, 0.5) is 5.82 Å². The van der Waals surface area contributed by atoms with Crippen LogP contribution in [0.3, 0.4) is 0 Å². The Morgan fingerprint density at radius 3 is 2.63 bits per heavy atom. The number of hydrogen-bond acceptors (Lipinski definition) is 4. The first-order chi connectivity index (χ1) is 9.11. The number of nitrogens with zero attached hydrogens (tertiary/aromatic N) is 3. The first-order valence-corrected chi connectivity index (χ1v) is 7.44. The van der Waals surface area contributed by atoms with E-state index in [1.165, 1.54) is 19.3 Å². The second-order valence-electron chi connectivity index (χ2n) is 5.80. The lowest BCUT2D eigenvalue weighted by atomic mass is 9.91. The summed E-state index contributed by atoms with van der Waals surface area (Å²) in [6.07, 6.45) is 4.93. The molecule has 0 saturated heterocycles. The average molecular weight is 262 g/mol. The Morgan fingerprint density at radius 1 is 1.37 bits per heavy atom. The lowest BCUT2D eigenvalue weighted by Gasteiger charge is -2.38. The summed E-state index contributed by atoms with van der Waals surface area (Å²) in [5.41, 5.74) is 6.72. The third-order valence-electron chi connectivity index (χ3n) is 3.79. The van der Waals surface area contributed by atoms with Crippen LogP contribution in [0.5, 0.6) is 0 Å². The molecule has 0 spiro atoms. The molecule has 0 unspecified atom stereocenters. The van der Waals surface area contributed by atoms with Gasteiger partial charge in [-0.3, -0.25) is 0 Å². The maximum Gasteiger partial charge on any atom is 0.133 e. The molecular formula is C15H26N4. The van der Waals surface area contributed by atoms with Gasteiger partial charge in [0.25, 0.3) is 0 Å². The van der Waals surface area contributed by atoms with Gasteiger partial charge in [0, 0.05) is 30.3 Å². The van der Waals surface area contributed by atoms with Gasteiger partial charge in [-0.05, 0) is 39.2 Å². The highest BCUT2D eigenvalue weighted by atomic mass is 15.2. The zero-order chi connectivity index (χ0) is 13.8. The molecule has 1 fully saturated rings. The van der Waals surface area contributed by atoms with Crippen molar-refractivity contribution in [3.63, 3.8) is 0 Å². The van der Waals surface area contributed by atoms with Gasteiger partial charge in [0.15, 0.2) is 0 Å². The number of aromatic nitrogens is 2. The normalized spacial score (nSPS) is 15.6. The van der Waals surface area contributed by atoms with Crippen molar-refractivity contribution >= 4 is 5.82 Å². The SMILES string of the molecule is Cc1cc(N(CCCN)C2CCC2)nc(C(C)C)n1. The molecule has 19 heavy (non-hydrogen) atoms. The molecule has 2 rings (SSSR count). The quantitative estimate of drug-likeness (QED) is 0.856. The van der Waals surface area contributed by atoms with Gasteiger partial charge in [-0.2, -0.15) is 0 Å². The van der Waals surface area contributed by atoms with Crippen molar-refractivity contribution < 1.29 is 0 Å². The molecule has 4 heteroatoms. The zero-order valence-electron chi connectivity index (χ0n) is 12.4. The molecule has 1 heterocycles. The van der Waals surface area contributed by atoms with E-state index in [-0.39, 0.29) is 0 Å². The Kier molecular flexibility index (Phi) is 4.75. The van der Waals surface area contributed by atoms with Gasteiger partial charge in [0.1, 0.15) is 11.6 Å². The highest BCUT2D eigenvalue weighted by Crippen LogP contribution is 2.29. The van der Waals surface area contributed by atoms with Crippen LogP contribution in [-0.2, 0) is 0 Å². The van der Waals surface area contributed by atoms with E-state index in [1.54, 1.807) is 0 Å². The number of aryl methyl sites for hydroxylation is 1. The molecule has 0 bridgehead atoms. The molecule has 0 aliphatic heterocycles. The summed E-state index contributed by atoms with van der Waals surface area (Å²) in [5, 5.41) is 0. The van der Waals surface area contributed by atoms with Crippen molar-refractivity contribution in [3.05, 3.63) is 17.6 Å². The summed E-state index contributed by atoms with van der Waals surface area (Å²) in [4.78, 5) is 11.7. The van der Waals surface area contributed by atoms with E-state index >= 15 is 0 Å². The monoisotopic (exact) mass is 262 g/mol. The standard InChI is InChI=1S/C15H26N4/c1-11(2)15-17-12(3)10-14(18-15)19(9-5-8-16)13-6-4-7-13/h10-11,13H,4-9,16H2,1-3H3. The van der Waals surface area contributed by atoms with Gasteiger partial charge in [0.05, 0.1) is 0 Å². The van der Waals surface area contributed by atoms with Gasteiger partial charge >= 0.3 is 0 Å². The topological polar surface area (TPSA) is 55.0 Å². The van der Waals surface area contributed by atoms with Crippen LogP contribution >= 0.6 is 0 Å². The van der Waals surface area contributed by atoms with Crippen molar-refractivity contribution in [1.29, 1.82) is 0 Å². The molecule has 106 valence electrons. The highest BCUT2D eigenvalue weighted by molar-refractivity contribution is 5.42. The van der Waals surface area contributed by atoms with E-state index in [9.17, 15) is 0 Å². The lowest BCUT2D eigenvalue weighted by molar-refractivity contribution is 0.382. The largest absolute Gasteiger partial charge is 0.353 e. The van der Waals surface area contributed by atoms with Crippen LogP contribution in [0.2, 0.25) is 0 Å². The summed E-state index contributed by atoms with van der Waals surface area (Å²) >= 11 is 0. The van der Waals surface area contributed by atoms with Crippen molar-refractivity contribution in [1.82, 2.24) is 9.97 Å². The smallest absolute Gasteiger partial charge is 0.133 e. The summed E-state index contributed by atoms with van der Waals surface area (Å²) in [6.45, 7) is 8.09. The van der Waals surface area contributed by atoms with E-state index in [0.29, 0.717) is 12.0 Å². The van der Waals surface area contributed by atoms with E-state index in [4.69, 9.17) is 10.7 Å². The van der Waals surface area contributed by atoms with Gasteiger partial charge < -0.3 is 10.6 Å². The number of nitrogens with two attached hydrogens (primary N) is 1. The van der Waals surface area contributed by atoms with E-state index in [0.717, 1.165) is 36.8 Å². The third kappa shape index (κ3) is 3.44. The summed E-state index contributed by atoms with van der Waals surface area (Å²) in [7, 11) is 0. The van der Waals surface area contributed by atoms with Crippen LogP contribution in [0.15, 0.2) is 6.07 Å². The van der Waals surface area contributed by atoms with E-state index < -0.39 is 0 Å². The average Bonchev–Trinajstić information content (AvgIpc) is 2.31. The Hall–Kier alpha value is -1.16. The van der Waals surface area contributed by atoms with Crippen molar-refractivity contribution in [2.75, 3.05) is 18.0 Å². The minimum absolute atomic E-state index is 0.372. The maximum atomic E-state index is 5.66. The predicted octanol–water partition coefficient (Wildman–Crippen LogP) is 2.62. The summed E-state index contributed by atoms with van der Waals surface area (Å²) in [5.74, 6) is 2.41. The molecule has 0 radical (unpaired) electrons. The second-order valence-corrected chi connectivity index (χ2v) is 5.80. The molecule has 0 amide bonds. The minimum Gasteiger partial charge on any atom is -0.353 e. The molecule has 2 N–H and O–H groups in total. The molecule has 0 aromatic carbocycles. The van der Waals surface area contributed by atoms with Crippen LogP contribution in [0.1, 0.15) is 57.0 Å².